The number of hydrogen-bond donors (Lipinski definition) is 0. The number of fused-ring (bicyclic) bond motifs is 3. The van der Waals surface area contributed by atoms with Gasteiger partial charge < -0.3 is 4.90 Å². The van der Waals surface area contributed by atoms with E-state index in [-0.39, 0.29) is 0 Å². The topological polar surface area (TPSA) is 6.48 Å². The Labute approximate surface area is 132 Å². The van der Waals surface area contributed by atoms with Crippen LogP contribution < -0.4 is 4.90 Å². The molecule has 3 heteroatoms. The third kappa shape index (κ3) is 2.31. The van der Waals surface area contributed by atoms with E-state index in [1.165, 1.54) is 43.1 Å². The Kier molecular flexibility index (Phi) is 3.72. The lowest BCUT2D eigenvalue weighted by Crippen LogP contribution is -2.46. The van der Waals surface area contributed by atoms with Crippen molar-refractivity contribution in [3.8, 4) is 0 Å². The first-order chi connectivity index (χ1) is 10.4. The second-order valence-electron chi connectivity index (χ2n) is 6.38. The maximum absolute atomic E-state index is 2.75. The van der Waals surface area contributed by atoms with Crippen molar-refractivity contribution in [3.05, 3.63) is 35.9 Å². The molecule has 0 aromatic heterocycles. The van der Waals surface area contributed by atoms with Gasteiger partial charge in [0.1, 0.15) is 0 Å². The summed E-state index contributed by atoms with van der Waals surface area (Å²) in [5.41, 5.74) is 3.21. The Hall–Kier alpha value is -0.930. The summed E-state index contributed by atoms with van der Waals surface area (Å²) in [5, 5.41) is 0. The summed E-state index contributed by atoms with van der Waals surface area (Å²) >= 11 is 2.06. The number of thioether (sulfide) groups is 1. The minimum atomic E-state index is 0.720. The predicted octanol–water partition coefficient (Wildman–Crippen LogP) is 3.74. The number of anilines is 1. The van der Waals surface area contributed by atoms with Crippen molar-refractivity contribution >= 4 is 17.4 Å². The van der Waals surface area contributed by atoms with Crippen LogP contribution in [0.5, 0.6) is 0 Å². The zero-order chi connectivity index (χ0) is 14.2. The monoisotopic (exact) mass is 300 g/mol. The highest BCUT2D eigenvalue weighted by Gasteiger charge is 2.42. The molecular weight excluding hydrogens is 276 g/mol. The molecular formula is C18H24N2S. The Morgan fingerprint density at radius 1 is 1.33 bits per heavy atom. The lowest BCUT2D eigenvalue weighted by Gasteiger charge is -2.38. The van der Waals surface area contributed by atoms with Crippen LogP contribution in [-0.2, 0) is 0 Å². The number of allylic oxidation sites excluding steroid dienone is 1. The van der Waals surface area contributed by atoms with Crippen molar-refractivity contribution in [2.24, 2.45) is 0 Å². The quantitative estimate of drug-likeness (QED) is 0.768. The van der Waals surface area contributed by atoms with Crippen LogP contribution in [0.25, 0.3) is 0 Å². The van der Waals surface area contributed by atoms with Crippen LogP contribution in [0.1, 0.15) is 31.2 Å². The van der Waals surface area contributed by atoms with Gasteiger partial charge in [-0.3, -0.25) is 4.90 Å². The molecule has 2 nitrogen and oxygen atoms in total. The molecule has 3 aliphatic rings. The summed E-state index contributed by atoms with van der Waals surface area (Å²) < 4.78 is 0. The number of para-hydroxylation sites is 1. The Balaban J connectivity index is 1.67. The molecule has 0 radical (unpaired) electrons. The SMILES string of the molecule is C/C=C/CN1CC[C@@H]2[C@H](C1)c1cccc3c1N2CCCS3. The number of piperidine rings is 1. The fourth-order valence-electron chi connectivity index (χ4n) is 4.23. The van der Waals surface area contributed by atoms with Crippen LogP contribution in [0.2, 0.25) is 0 Å². The van der Waals surface area contributed by atoms with Crippen LogP contribution in [-0.4, -0.2) is 42.9 Å². The van der Waals surface area contributed by atoms with Crippen molar-refractivity contribution in [3.63, 3.8) is 0 Å². The third-order valence-corrected chi connectivity index (χ3v) is 6.31. The van der Waals surface area contributed by atoms with E-state index in [1.807, 2.05) is 0 Å². The zero-order valence-electron chi connectivity index (χ0n) is 12.8. The van der Waals surface area contributed by atoms with Gasteiger partial charge in [0.05, 0.1) is 5.69 Å². The molecule has 21 heavy (non-hydrogen) atoms. The third-order valence-electron chi connectivity index (χ3n) is 5.18. The standard InChI is InChI=1S/C18H24N2S/c1-2-3-9-19-11-8-16-15(13-19)14-6-4-7-17-18(14)20(16)10-5-12-21-17/h2-4,6-7,15-16H,5,8-13H2,1H3/b3-2+/t15-,16-/m1/s1. The Morgan fingerprint density at radius 2 is 2.29 bits per heavy atom. The van der Waals surface area contributed by atoms with Crippen molar-refractivity contribution in [2.75, 3.05) is 36.8 Å². The van der Waals surface area contributed by atoms with Gasteiger partial charge in [0, 0.05) is 43.0 Å². The summed E-state index contributed by atoms with van der Waals surface area (Å²) in [5.74, 6) is 2.00. The molecule has 4 rings (SSSR count). The van der Waals surface area contributed by atoms with E-state index in [4.69, 9.17) is 0 Å². The molecule has 1 fully saturated rings. The van der Waals surface area contributed by atoms with E-state index in [9.17, 15) is 0 Å². The molecule has 112 valence electrons. The minimum Gasteiger partial charge on any atom is -0.367 e. The molecule has 1 saturated heterocycles. The van der Waals surface area contributed by atoms with E-state index in [1.54, 1.807) is 11.3 Å². The maximum Gasteiger partial charge on any atom is 0.0543 e. The van der Waals surface area contributed by atoms with E-state index in [0.29, 0.717) is 0 Å². The van der Waals surface area contributed by atoms with Crippen LogP contribution in [0, 0.1) is 0 Å². The lowest BCUT2D eigenvalue weighted by molar-refractivity contribution is 0.211. The summed E-state index contributed by atoms with van der Waals surface area (Å²) in [6, 6.07) is 7.75. The van der Waals surface area contributed by atoms with Crippen LogP contribution in [0.4, 0.5) is 5.69 Å². The number of rotatable bonds is 2. The maximum atomic E-state index is 2.75. The normalized spacial score (nSPS) is 28.5. The highest BCUT2D eigenvalue weighted by Crippen LogP contribution is 2.50. The number of hydrogen-bond acceptors (Lipinski definition) is 3. The van der Waals surface area contributed by atoms with Crippen molar-refractivity contribution < 1.29 is 0 Å². The van der Waals surface area contributed by atoms with Crippen molar-refractivity contribution in [1.29, 1.82) is 0 Å². The molecule has 0 unspecified atom stereocenters. The first-order valence-electron chi connectivity index (χ1n) is 8.24. The molecule has 2 atom stereocenters. The molecule has 3 aliphatic heterocycles. The van der Waals surface area contributed by atoms with Gasteiger partial charge in [-0.1, -0.05) is 24.3 Å². The van der Waals surface area contributed by atoms with E-state index in [0.717, 1.165) is 18.5 Å². The average Bonchev–Trinajstić information content (AvgIpc) is 2.68. The number of benzene rings is 1. The zero-order valence-corrected chi connectivity index (χ0v) is 13.6. The molecule has 0 spiro atoms. The van der Waals surface area contributed by atoms with Gasteiger partial charge in [0.25, 0.3) is 0 Å². The first kappa shape index (κ1) is 13.7. The van der Waals surface area contributed by atoms with Gasteiger partial charge in [-0.25, -0.2) is 0 Å². The second-order valence-corrected chi connectivity index (χ2v) is 7.52. The minimum absolute atomic E-state index is 0.720. The summed E-state index contributed by atoms with van der Waals surface area (Å²) in [6.07, 6.45) is 7.11. The fourth-order valence-corrected chi connectivity index (χ4v) is 5.27. The molecule has 1 aromatic rings. The number of likely N-dealkylation sites (tertiary alicyclic amines) is 1. The van der Waals surface area contributed by atoms with Crippen LogP contribution in [0.3, 0.4) is 0 Å². The second kappa shape index (κ2) is 5.69. The Bertz CT molecular complexity index is 554. The highest BCUT2D eigenvalue weighted by atomic mass is 32.2. The summed E-state index contributed by atoms with van der Waals surface area (Å²) in [4.78, 5) is 6.90. The van der Waals surface area contributed by atoms with Crippen LogP contribution in [0.15, 0.2) is 35.2 Å². The van der Waals surface area contributed by atoms with Gasteiger partial charge >= 0.3 is 0 Å². The molecule has 0 aliphatic carbocycles. The molecule has 3 heterocycles. The van der Waals surface area contributed by atoms with E-state index < -0.39 is 0 Å². The van der Waals surface area contributed by atoms with Crippen molar-refractivity contribution in [2.45, 2.75) is 36.6 Å². The average molecular weight is 300 g/mol. The van der Waals surface area contributed by atoms with Gasteiger partial charge in [-0.2, -0.15) is 0 Å². The Morgan fingerprint density at radius 3 is 3.19 bits per heavy atom. The molecule has 0 bridgehead atoms. The molecule has 1 aromatic carbocycles. The fraction of sp³-hybridized carbons (Fsp3) is 0.556. The molecule has 0 amide bonds. The van der Waals surface area contributed by atoms with Gasteiger partial charge in [-0.15, -0.1) is 11.8 Å². The van der Waals surface area contributed by atoms with E-state index >= 15 is 0 Å². The lowest BCUT2D eigenvalue weighted by atomic mass is 9.89. The predicted molar refractivity (Wildman–Crippen MR) is 91.5 cm³/mol. The smallest absolute Gasteiger partial charge is 0.0543 e. The van der Waals surface area contributed by atoms with Gasteiger partial charge in [0.15, 0.2) is 0 Å². The molecule has 0 saturated carbocycles. The highest BCUT2D eigenvalue weighted by molar-refractivity contribution is 7.99. The van der Waals surface area contributed by atoms with Gasteiger partial charge in [-0.05, 0) is 37.1 Å². The molecule has 0 N–H and O–H groups in total. The largest absolute Gasteiger partial charge is 0.367 e. The number of nitrogens with zero attached hydrogens (tertiary/aromatic N) is 2. The summed E-state index contributed by atoms with van der Waals surface area (Å²) in [6.45, 7) is 6.97. The van der Waals surface area contributed by atoms with E-state index in [2.05, 4.69) is 58.8 Å². The van der Waals surface area contributed by atoms with Crippen LogP contribution >= 0.6 is 11.8 Å². The first-order valence-corrected chi connectivity index (χ1v) is 9.23. The van der Waals surface area contributed by atoms with Gasteiger partial charge in [0.2, 0.25) is 0 Å². The van der Waals surface area contributed by atoms with Crippen molar-refractivity contribution in [1.82, 2.24) is 4.90 Å². The summed E-state index contributed by atoms with van der Waals surface area (Å²) in [7, 11) is 0.